The first kappa shape index (κ1) is 17.7. The zero-order valence-electron chi connectivity index (χ0n) is 14.0. The zero-order valence-corrected chi connectivity index (χ0v) is 14.8. The molecule has 0 unspecified atom stereocenters. The molecule has 0 bridgehead atoms. The highest BCUT2D eigenvalue weighted by Gasteiger charge is 2.20. The second kappa shape index (κ2) is 7.01. The predicted molar refractivity (Wildman–Crippen MR) is 101 cm³/mol. The van der Waals surface area contributed by atoms with Crippen LogP contribution in [-0.4, -0.2) is 19.5 Å². The molecule has 0 aromatic heterocycles. The summed E-state index contributed by atoms with van der Waals surface area (Å²) in [5.74, 6) is -1.06. The fourth-order valence-corrected chi connectivity index (χ4v) is 4.03. The Balaban J connectivity index is 2.01. The number of aromatic carboxylic acids is 1. The van der Waals surface area contributed by atoms with Crippen LogP contribution < -0.4 is 4.72 Å². The summed E-state index contributed by atoms with van der Waals surface area (Å²) in [4.78, 5) is 11.2. The highest BCUT2D eigenvalue weighted by Crippen LogP contribution is 2.29. The topological polar surface area (TPSA) is 83.5 Å². The van der Waals surface area contributed by atoms with E-state index in [9.17, 15) is 13.2 Å². The number of carboxylic acid groups (broad SMARTS) is 1. The minimum absolute atomic E-state index is 0.107. The van der Waals surface area contributed by atoms with Crippen molar-refractivity contribution in [2.45, 2.75) is 11.8 Å². The number of sulfonamides is 1. The number of carboxylic acids is 1. The van der Waals surface area contributed by atoms with Gasteiger partial charge in [0.25, 0.3) is 10.0 Å². The predicted octanol–water partition coefficient (Wildman–Crippen LogP) is 4.16. The molecule has 0 spiro atoms. The third-order valence-corrected chi connectivity index (χ3v) is 5.40. The fourth-order valence-electron chi connectivity index (χ4n) is 2.67. The lowest BCUT2D eigenvalue weighted by atomic mass is 10.1. The zero-order chi connectivity index (χ0) is 18.7. The molecule has 0 saturated carbocycles. The molecule has 3 aromatic carbocycles. The molecule has 0 fully saturated rings. The van der Waals surface area contributed by atoms with Gasteiger partial charge in [0.1, 0.15) is 0 Å². The van der Waals surface area contributed by atoms with E-state index in [2.05, 4.69) is 4.72 Å². The maximum atomic E-state index is 12.9. The molecule has 0 saturated heterocycles. The molecule has 6 heteroatoms. The summed E-state index contributed by atoms with van der Waals surface area (Å²) in [6.45, 7) is 1.66. The van der Waals surface area contributed by atoms with Crippen molar-refractivity contribution in [1.29, 1.82) is 0 Å². The van der Waals surface area contributed by atoms with Crippen LogP contribution in [0.1, 0.15) is 15.9 Å². The van der Waals surface area contributed by atoms with Crippen molar-refractivity contribution in [3.05, 3.63) is 83.9 Å². The molecule has 0 aliphatic carbocycles. The van der Waals surface area contributed by atoms with E-state index in [4.69, 9.17) is 5.11 Å². The lowest BCUT2D eigenvalue weighted by molar-refractivity contribution is 0.0697. The van der Waals surface area contributed by atoms with Gasteiger partial charge in [0.15, 0.2) is 0 Å². The van der Waals surface area contributed by atoms with Crippen LogP contribution in [0.2, 0.25) is 0 Å². The van der Waals surface area contributed by atoms with Crippen LogP contribution in [0.15, 0.2) is 77.7 Å². The quantitative estimate of drug-likeness (QED) is 0.709. The molecule has 2 N–H and O–H groups in total. The average molecular weight is 367 g/mol. The molecule has 0 atom stereocenters. The largest absolute Gasteiger partial charge is 0.478 e. The summed E-state index contributed by atoms with van der Waals surface area (Å²) in [6, 6.07) is 20.3. The first-order chi connectivity index (χ1) is 12.4. The first-order valence-electron chi connectivity index (χ1n) is 7.90. The molecule has 132 valence electrons. The maximum Gasteiger partial charge on any atom is 0.335 e. The second-order valence-corrected chi connectivity index (χ2v) is 7.45. The van der Waals surface area contributed by atoms with Gasteiger partial charge in [-0.3, -0.25) is 4.72 Å². The Kier molecular flexibility index (Phi) is 4.77. The van der Waals surface area contributed by atoms with Crippen LogP contribution in [0, 0.1) is 6.92 Å². The van der Waals surface area contributed by atoms with Crippen LogP contribution in [0.3, 0.4) is 0 Å². The molecular weight excluding hydrogens is 350 g/mol. The van der Waals surface area contributed by atoms with E-state index in [1.807, 2.05) is 30.3 Å². The average Bonchev–Trinajstić information content (AvgIpc) is 2.64. The first-order valence-corrected chi connectivity index (χ1v) is 9.38. The molecule has 26 heavy (non-hydrogen) atoms. The van der Waals surface area contributed by atoms with Gasteiger partial charge in [-0.2, -0.15) is 0 Å². The van der Waals surface area contributed by atoms with Crippen LogP contribution in [0.5, 0.6) is 0 Å². The molecule has 0 radical (unpaired) electrons. The van der Waals surface area contributed by atoms with E-state index in [-0.39, 0.29) is 10.5 Å². The van der Waals surface area contributed by atoms with Crippen molar-refractivity contribution in [2.75, 3.05) is 4.72 Å². The molecule has 5 nitrogen and oxygen atoms in total. The van der Waals surface area contributed by atoms with Crippen molar-refractivity contribution < 1.29 is 18.3 Å². The van der Waals surface area contributed by atoms with Gasteiger partial charge in [0.05, 0.1) is 16.1 Å². The second-order valence-electron chi connectivity index (χ2n) is 5.80. The lowest BCUT2D eigenvalue weighted by Gasteiger charge is -2.14. The van der Waals surface area contributed by atoms with Crippen molar-refractivity contribution in [1.82, 2.24) is 0 Å². The van der Waals surface area contributed by atoms with Gasteiger partial charge in [0.2, 0.25) is 0 Å². The van der Waals surface area contributed by atoms with Gasteiger partial charge in [-0.1, -0.05) is 48.5 Å². The van der Waals surface area contributed by atoms with Crippen molar-refractivity contribution in [2.24, 2.45) is 0 Å². The Hall–Kier alpha value is -3.12. The standard InChI is InChI=1S/C20H17NO4S/c1-14-13-16(20(22)23)11-12-18(14)21-26(24,25)19-10-6-5-9-17(19)15-7-3-2-4-8-15/h2-13,21H,1H3,(H,22,23). The minimum Gasteiger partial charge on any atom is -0.478 e. The molecule has 0 aliphatic rings. The van der Waals surface area contributed by atoms with Gasteiger partial charge < -0.3 is 5.11 Å². The van der Waals surface area contributed by atoms with Crippen molar-refractivity contribution in [3.63, 3.8) is 0 Å². The highest BCUT2D eigenvalue weighted by atomic mass is 32.2. The number of nitrogens with one attached hydrogen (secondary N) is 1. The molecule has 3 aromatic rings. The summed E-state index contributed by atoms with van der Waals surface area (Å²) in [6.07, 6.45) is 0. The fraction of sp³-hybridized carbons (Fsp3) is 0.0500. The van der Waals surface area contributed by atoms with E-state index >= 15 is 0 Å². The Bertz CT molecular complexity index is 1060. The lowest BCUT2D eigenvalue weighted by Crippen LogP contribution is -2.15. The minimum atomic E-state index is -3.85. The van der Waals surface area contributed by atoms with Gasteiger partial charge in [0, 0.05) is 5.56 Å². The summed E-state index contributed by atoms with van der Waals surface area (Å²) < 4.78 is 28.4. The number of hydrogen-bond acceptors (Lipinski definition) is 3. The Morgan fingerprint density at radius 2 is 1.58 bits per heavy atom. The molecule has 3 rings (SSSR count). The van der Waals surface area contributed by atoms with Crippen LogP contribution in [0.4, 0.5) is 5.69 Å². The van der Waals surface area contributed by atoms with Crippen LogP contribution in [-0.2, 0) is 10.0 Å². The Morgan fingerprint density at radius 3 is 2.23 bits per heavy atom. The summed E-state index contributed by atoms with van der Waals surface area (Å²) >= 11 is 0. The van der Waals surface area contributed by atoms with Gasteiger partial charge in [-0.15, -0.1) is 0 Å². The van der Waals surface area contributed by atoms with Crippen LogP contribution >= 0.6 is 0 Å². The molecular formula is C20H17NO4S. The van der Waals surface area contributed by atoms with Crippen LogP contribution in [0.25, 0.3) is 11.1 Å². The molecule has 0 amide bonds. The van der Waals surface area contributed by atoms with Crippen molar-refractivity contribution >= 4 is 21.7 Å². The van der Waals surface area contributed by atoms with Gasteiger partial charge >= 0.3 is 5.97 Å². The number of rotatable bonds is 5. The number of aryl methyl sites for hydroxylation is 1. The third-order valence-electron chi connectivity index (χ3n) is 3.98. The Morgan fingerprint density at radius 1 is 0.923 bits per heavy atom. The van der Waals surface area contributed by atoms with E-state index in [1.54, 1.807) is 31.2 Å². The monoisotopic (exact) mass is 367 g/mol. The number of benzene rings is 3. The summed E-state index contributed by atoms with van der Waals surface area (Å²) in [5, 5.41) is 9.03. The van der Waals surface area contributed by atoms with E-state index in [0.29, 0.717) is 16.8 Å². The number of anilines is 1. The number of hydrogen-bond donors (Lipinski definition) is 2. The summed E-state index contributed by atoms with van der Waals surface area (Å²) in [7, 11) is -3.85. The maximum absolute atomic E-state index is 12.9. The van der Waals surface area contributed by atoms with Gasteiger partial charge in [-0.05, 0) is 42.3 Å². The SMILES string of the molecule is Cc1cc(C(=O)O)ccc1NS(=O)(=O)c1ccccc1-c1ccccc1. The molecule has 0 aliphatic heterocycles. The highest BCUT2D eigenvalue weighted by molar-refractivity contribution is 7.92. The molecule has 0 heterocycles. The summed E-state index contributed by atoms with van der Waals surface area (Å²) in [5.41, 5.74) is 2.38. The number of carbonyl (C=O) groups is 1. The van der Waals surface area contributed by atoms with Crippen molar-refractivity contribution in [3.8, 4) is 11.1 Å². The van der Waals surface area contributed by atoms with E-state index in [1.165, 1.54) is 18.2 Å². The van der Waals surface area contributed by atoms with E-state index in [0.717, 1.165) is 5.56 Å². The normalized spacial score (nSPS) is 11.1. The van der Waals surface area contributed by atoms with E-state index < -0.39 is 16.0 Å². The Labute approximate surface area is 152 Å². The smallest absolute Gasteiger partial charge is 0.335 e. The van der Waals surface area contributed by atoms with Gasteiger partial charge in [-0.25, -0.2) is 13.2 Å². The third kappa shape index (κ3) is 3.60.